The first-order chi connectivity index (χ1) is 5.15. The average molecular weight is 170 g/mol. The molecule has 1 aliphatic heterocycles. The molecule has 1 nitrogen and oxygen atoms in total. The summed E-state index contributed by atoms with van der Waals surface area (Å²) in [5.41, 5.74) is 2.06. The zero-order valence-corrected chi connectivity index (χ0v) is 7.65. The van der Waals surface area contributed by atoms with Crippen molar-refractivity contribution in [1.29, 1.82) is 0 Å². The molecule has 0 saturated carbocycles. The molecule has 0 atom stereocenters. The molecule has 1 aliphatic rings. The molecule has 0 spiro atoms. The van der Waals surface area contributed by atoms with Gasteiger partial charge in [0.05, 0.1) is 10.7 Å². The van der Waals surface area contributed by atoms with Crippen molar-refractivity contribution >= 4 is 11.6 Å². The van der Waals surface area contributed by atoms with Crippen LogP contribution in [0.25, 0.3) is 0 Å². The van der Waals surface area contributed by atoms with Crippen molar-refractivity contribution in [2.75, 3.05) is 6.54 Å². The molecule has 1 heterocycles. The fourth-order valence-corrected chi connectivity index (χ4v) is 1.34. The van der Waals surface area contributed by atoms with Crippen LogP contribution in [0.2, 0.25) is 0 Å². The Kier molecular flexibility index (Phi) is 2.40. The molecule has 0 aromatic rings. The van der Waals surface area contributed by atoms with Crippen molar-refractivity contribution in [3.05, 3.63) is 35.2 Å². The molecule has 0 aromatic carbocycles. The Morgan fingerprint density at radius 2 is 2.27 bits per heavy atom. The van der Waals surface area contributed by atoms with E-state index in [-0.39, 0.29) is 0 Å². The van der Waals surface area contributed by atoms with Crippen LogP contribution in [-0.4, -0.2) is 11.4 Å². The predicted octanol–water partition coefficient (Wildman–Crippen LogP) is 2.86. The van der Waals surface area contributed by atoms with Crippen LogP contribution in [0.15, 0.2) is 35.2 Å². The first-order valence-electron chi connectivity index (χ1n) is 3.66. The average Bonchev–Trinajstić information content (AvgIpc) is 1.96. The van der Waals surface area contributed by atoms with Crippen LogP contribution in [0, 0.1) is 0 Å². The van der Waals surface area contributed by atoms with Gasteiger partial charge < -0.3 is 4.90 Å². The minimum atomic E-state index is 0.742. The van der Waals surface area contributed by atoms with Gasteiger partial charge in [0, 0.05) is 12.7 Å². The van der Waals surface area contributed by atoms with Gasteiger partial charge in [0.25, 0.3) is 0 Å². The minimum absolute atomic E-state index is 0.742. The van der Waals surface area contributed by atoms with Gasteiger partial charge in [0.2, 0.25) is 0 Å². The number of nitrogens with zero attached hydrogens (tertiary/aromatic N) is 1. The van der Waals surface area contributed by atoms with E-state index in [1.807, 2.05) is 24.1 Å². The Morgan fingerprint density at radius 3 is 2.82 bits per heavy atom. The molecule has 0 aliphatic carbocycles. The lowest BCUT2D eigenvalue weighted by Gasteiger charge is -2.24. The number of hydrogen-bond donors (Lipinski definition) is 0. The number of halogens is 1. The van der Waals surface area contributed by atoms with Gasteiger partial charge in [-0.05, 0) is 25.5 Å². The van der Waals surface area contributed by atoms with Gasteiger partial charge >= 0.3 is 0 Å². The molecule has 0 N–H and O–H groups in total. The van der Waals surface area contributed by atoms with Crippen LogP contribution in [0.5, 0.6) is 0 Å². The highest BCUT2D eigenvalue weighted by Crippen LogP contribution is 2.24. The maximum Gasteiger partial charge on any atom is 0.0639 e. The second-order valence-electron chi connectivity index (χ2n) is 2.60. The largest absolute Gasteiger partial charge is 0.347 e. The molecule has 0 unspecified atom stereocenters. The van der Waals surface area contributed by atoms with Gasteiger partial charge in [-0.15, -0.1) is 0 Å². The van der Waals surface area contributed by atoms with Crippen molar-refractivity contribution in [3.8, 4) is 0 Å². The highest BCUT2D eigenvalue weighted by molar-refractivity contribution is 6.32. The molecule has 0 radical (unpaired) electrons. The quantitative estimate of drug-likeness (QED) is 0.584. The monoisotopic (exact) mass is 169 g/mol. The molecule has 60 valence electrons. The summed E-state index contributed by atoms with van der Waals surface area (Å²) in [6, 6.07) is 0. The SMILES string of the molecule is C=C1C(Cl)=CC(C)=CN1CC. The third-order valence-corrected chi connectivity index (χ3v) is 2.00. The second-order valence-corrected chi connectivity index (χ2v) is 3.01. The molecule has 0 fully saturated rings. The summed E-state index contributed by atoms with van der Waals surface area (Å²) in [7, 11) is 0. The molecular weight excluding hydrogens is 158 g/mol. The normalized spacial score (nSPS) is 18.1. The molecular formula is C9H12ClN. The maximum atomic E-state index is 5.91. The lowest BCUT2D eigenvalue weighted by Crippen LogP contribution is -2.18. The van der Waals surface area contributed by atoms with E-state index in [1.165, 1.54) is 5.57 Å². The topological polar surface area (TPSA) is 3.24 Å². The van der Waals surface area contributed by atoms with E-state index in [0.717, 1.165) is 17.3 Å². The summed E-state index contributed by atoms with van der Waals surface area (Å²) in [6.07, 6.45) is 3.98. The summed E-state index contributed by atoms with van der Waals surface area (Å²) in [5, 5.41) is 0.742. The Bertz CT molecular complexity index is 238. The van der Waals surface area contributed by atoms with Crippen LogP contribution in [-0.2, 0) is 0 Å². The molecule has 0 aromatic heterocycles. The Balaban J connectivity index is 2.90. The number of allylic oxidation sites excluding steroid dienone is 3. The fourth-order valence-electron chi connectivity index (χ4n) is 1.06. The lowest BCUT2D eigenvalue weighted by atomic mass is 10.2. The maximum absolute atomic E-state index is 5.91. The van der Waals surface area contributed by atoms with Crippen LogP contribution in [0.3, 0.4) is 0 Å². The standard InChI is InChI=1S/C9H12ClN/c1-4-11-6-7(2)5-9(10)8(11)3/h5-6H,3-4H2,1-2H3. The highest BCUT2D eigenvalue weighted by atomic mass is 35.5. The van der Waals surface area contributed by atoms with Gasteiger partial charge in [-0.3, -0.25) is 0 Å². The van der Waals surface area contributed by atoms with E-state index in [9.17, 15) is 0 Å². The van der Waals surface area contributed by atoms with E-state index in [4.69, 9.17) is 11.6 Å². The summed E-state index contributed by atoms with van der Waals surface area (Å²) >= 11 is 5.91. The van der Waals surface area contributed by atoms with E-state index in [1.54, 1.807) is 0 Å². The van der Waals surface area contributed by atoms with Crippen LogP contribution in [0.4, 0.5) is 0 Å². The Morgan fingerprint density at radius 1 is 1.64 bits per heavy atom. The third-order valence-electron chi connectivity index (χ3n) is 1.68. The van der Waals surface area contributed by atoms with E-state index in [2.05, 4.69) is 13.5 Å². The van der Waals surface area contributed by atoms with Crippen molar-refractivity contribution in [1.82, 2.24) is 4.90 Å². The first kappa shape index (κ1) is 8.41. The van der Waals surface area contributed by atoms with Crippen molar-refractivity contribution in [2.24, 2.45) is 0 Å². The number of hydrogen-bond acceptors (Lipinski definition) is 1. The summed E-state index contributed by atoms with van der Waals surface area (Å²) < 4.78 is 0. The zero-order chi connectivity index (χ0) is 8.43. The zero-order valence-electron chi connectivity index (χ0n) is 6.89. The number of likely N-dealkylation sites (N-methyl/N-ethyl adjacent to an activating group) is 1. The van der Waals surface area contributed by atoms with Crippen molar-refractivity contribution in [3.63, 3.8) is 0 Å². The van der Waals surface area contributed by atoms with Gasteiger partial charge in [-0.25, -0.2) is 0 Å². The molecule has 0 amide bonds. The lowest BCUT2D eigenvalue weighted by molar-refractivity contribution is 0.498. The summed E-state index contributed by atoms with van der Waals surface area (Å²) in [5.74, 6) is 0. The Labute approximate surface area is 72.6 Å². The van der Waals surface area contributed by atoms with Crippen molar-refractivity contribution in [2.45, 2.75) is 13.8 Å². The summed E-state index contributed by atoms with van der Waals surface area (Å²) in [4.78, 5) is 2.04. The van der Waals surface area contributed by atoms with Crippen molar-refractivity contribution < 1.29 is 0 Å². The summed E-state index contributed by atoms with van der Waals surface area (Å²) in [6.45, 7) is 8.88. The highest BCUT2D eigenvalue weighted by Gasteiger charge is 2.10. The third kappa shape index (κ3) is 1.66. The number of rotatable bonds is 1. The second kappa shape index (κ2) is 3.14. The Hall–Kier alpha value is -0.690. The minimum Gasteiger partial charge on any atom is -0.347 e. The van der Waals surface area contributed by atoms with Crippen LogP contribution in [0.1, 0.15) is 13.8 Å². The fraction of sp³-hybridized carbons (Fsp3) is 0.333. The smallest absolute Gasteiger partial charge is 0.0639 e. The predicted molar refractivity (Wildman–Crippen MR) is 49.2 cm³/mol. The van der Waals surface area contributed by atoms with E-state index >= 15 is 0 Å². The molecule has 2 heteroatoms. The van der Waals surface area contributed by atoms with Gasteiger partial charge in [-0.1, -0.05) is 18.2 Å². The van der Waals surface area contributed by atoms with Crippen LogP contribution < -0.4 is 0 Å². The molecule has 1 rings (SSSR count). The van der Waals surface area contributed by atoms with Crippen LogP contribution >= 0.6 is 11.6 Å². The molecule has 0 saturated heterocycles. The van der Waals surface area contributed by atoms with E-state index in [0.29, 0.717) is 0 Å². The van der Waals surface area contributed by atoms with Gasteiger partial charge in [0.15, 0.2) is 0 Å². The molecule has 0 bridgehead atoms. The van der Waals surface area contributed by atoms with Gasteiger partial charge in [-0.2, -0.15) is 0 Å². The van der Waals surface area contributed by atoms with Gasteiger partial charge in [0.1, 0.15) is 0 Å². The molecule has 11 heavy (non-hydrogen) atoms. The first-order valence-corrected chi connectivity index (χ1v) is 4.04. The van der Waals surface area contributed by atoms with E-state index < -0.39 is 0 Å².